The van der Waals surface area contributed by atoms with E-state index in [-0.39, 0.29) is 10.6 Å². The second-order valence-corrected chi connectivity index (χ2v) is 5.34. The molecule has 6 nitrogen and oxygen atoms in total. The van der Waals surface area contributed by atoms with Gasteiger partial charge < -0.3 is 19.9 Å². The molecule has 0 aromatic heterocycles. The summed E-state index contributed by atoms with van der Waals surface area (Å²) in [5.74, 6) is -0.897. The summed E-state index contributed by atoms with van der Waals surface area (Å²) in [6.07, 6.45) is 1.94. The zero-order valence-corrected chi connectivity index (χ0v) is 14.3. The van der Waals surface area contributed by atoms with Gasteiger partial charge in [-0.1, -0.05) is 31.4 Å². The molecule has 7 heteroatoms. The Morgan fingerprint density at radius 3 is 2.57 bits per heavy atom. The molecule has 1 aromatic carbocycles. The Kier molecular flexibility index (Phi) is 7.68. The summed E-state index contributed by atoms with van der Waals surface area (Å²) in [6.45, 7) is 4.17. The summed E-state index contributed by atoms with van der Waals surface area (Å²) in [5, 5.41) is 11.9. The van der Waals surface area contributed by atoms with Crippen molar-refractivity contribution in [1.29, 1.82) is 0 Å². The molecule has 0 spiro atoms. The fraction of sp³-hybridized carbons (Fsp3) is 0.500. The normalized spacial score (nSPS) is 11.7. The van der Waals surface area contributed by atoms with Gasteiger partial charge in [-0.25, -0.2) is 4.79 Å². The Hall–Kier alpha value is -1.95. The molecule has 0 aliphatic heterocycles. The van der Waals surface area contributed by atoms with Crippen LogP contribution in [-0.4, -0.2) is 36.7 Å². The molecule has 0 radical (unpaired) electrons. The van der Waals surface area contributed by atoms with E-state index in [4.69, 9.17) is 21.1 Å². The quantitative estimate of drug-likeness (QED) is 0.719. The first-order valence-electron chi connectivity index (χ1n) is 7.48. The van der Waals surface area contributed by atoms with Gasteiger partial charge in [0, 0.05) is 5.56 Å². The molecule has 0 aliphatic carbocycles. The number of benzene rings is 1. The van der Waals surface area contributed by atoms with Crippen molar-refractivity contribution in [3.63, 3.8) is 0 Å². The van der Waals surface area contributed by atoms with Gasteiger partial charge in [-0.3, -0.25) is 4.79 Å². The molecule has 23 heavy (non-hydrogen) atoms. The van der Waals surface area contributed by atoms with Crippen LogP contribution in [0.25, 0.3) is 0 Å². The highest BCUT2D eigenvalue weighted by atomic mass is 35.5. The van der Waals surface area contributed by atoms with Gasteiger partial charge in [-0.2, -0.15) is 0 Å². The average molecular weight is 344 g/mol. The van der Waals surface area contributed by atoms with Gasteiger partial charge in [-0.15, -0.1) is 0 Å². The van der Waals surface area contributed by atoms with Crippen LogP contribution in [0.4, 0.5) is 0 Å². The second kappa shape index (κ2) is 9.25. The first-order chi connectivity index (χ1) is 10.9. The molecule has 2 N–H and O–H groups in total. The Morgan fingerprint density at radius 2 is 2.04 bits per heavy atom. The number of ether oxygens (including phenoxy) is 2. The van der Waals surface area contributed by atoms with Crippen LogP contribution in [-0.2, 0) is 4.79 Å². The Balaban J connectivity index is 2.98. The number of carbonyl (C=O) groups excluding carboxylic acids is 1. The number of aliphatic carboxylic acids is 1. The number of rotatable bonds is 9. The van der Waals surface area contributed by atoms with Crippen molar-refractivity contribution in [3.8, 4) is 11.5 Å². The van der Waals surface area contributed by atoms with Gasteiger partial charge in [0.1, 0.15) is 6.04 Å². The van der Waals surface area contributed by atoms with Crippen molar-refractivity contribution in [2.75, 3.05) is 13.7 Å². The number of carboxylic acid groups (broad SMARTS) is 1. The molecular formula is C16H22ClNO5. The molecule has 0 heterocycles. The number of hydrogen-bond donors (Lipinski definition) is 2. The zero-order valence-electron chi connectivity index (χ0n) is 13.5. The topological polar surface area (TPSA) is 84.9 Å². The summed E-state index contributed by atoms with van der Waals surface area (Å²) >= 11 is 6.12. The van der Waals surface area contributed by atoms with Gasteiger partial charge >= 0.3 is 5.97 Å². The first kappa shape index (κ1) is 19.1. The summed E-state index contributed by atoms with van der Waals surface area (Å²) in [7, 11) is 1.44. The molecule has 1 rings (SSSR count). The molecule has 1 unspecified atom stereocenters. The standard InChI is InChI=1S/C16H22ClNO5/c1-4-6-7-12(16(20)21)18-15(19)10-8-11(17)14(23-5-2)13(9-10)22-3/h8-9,12H,4-7H2,1-3H3,(H,18,19)(H,20,21). The summed E-state index contributed by atoms with van der Waals surface area (Å²) < 4.78 is 10.6. The molecule has 0 bridgehead atoms. The van der Waals surface area contributed by atoms with Crippen molar-refractivity contribution in [2.24, 2.45) is 0 Å². The van der Waals surface area contributed by atoms with Gasteiger partial charge in [0.05, 0.1) is 18.7 Å². The minimum absolute atomic E-state index is 0.220. The third kappa shape index (κ3) is 5.32. The number of unbranched alkanes of at least 4 members (excludes halogenated alkanes) is 1. The van der Waals surface area contributed by atoms with Crippen molar-refractivity contribution >= 4 is 23.5 Å². The second-order valence-electron chi connectivity index (χ2n) is 4.93. The van der Waals surface area contributed by atoms with Gasteiger partial charge in [-0.05, 0) is 25.5 Å². The number of nitrogens with one attached hydrogen (secondary N) is 1. The first-order valence-corrected chi connectivity index (χ1v) is 7.86. The van der Waals surface area contributed by atoms with Crippen LogP contribution >= 0.6 is 11.6 Å². The van der Waals surface area contributed by atoms with E-state index in [9.17, 15) is 14.7 Å². The third-order valence-corrected chi connectivity index (χ3v) is 3.51. The third-order valence-electron chi connectivity index (χ3n) is 3.23. The van der Waals surface area contributed by atoms with E-state index in [0.29, 0.717) is 30.9 Å². The fourth-order valence-electron chi connectivity index (χ4n) is 2.04. The minimum atomic E-state index is -1.06. The van der Waals surface area contributed by atoms with E-state index in [1.807, 2.05) is 13.8 Å². The van der Waals surface area contributed by atoms with Crippen LogP contribution in [0.15, 0.2) is 12.1 Å². The lowest BCUT2D eigenvalue weighted by atomic mass is 10.1. The van der Waals surface area contributed by atoms with E-state index in [0.717, 1.165) is 6.42 Å². The number of hydrogen-bond acceptors (Lipinski definition) is 4. The maximum Gasteiger partial charge on any atom is 0.326 e. The maximum atomic E-state index is 12.3. The van der Waals surface area contributed by atoms with Gasteiger partial charge in [0.15, 0.2) is 11.5 Å². The van der Waals surface area contributed by atoms with Crippen LogP contribution in [0.1, 0.15) is 43.5 Å². The largest absolute Gasteiger partial charge is 0.493 e. The summed E-state index contributed by atoms with van der Waals surface area (Å²) in [4.78, 5) is 23.5. The molecule has 128 valence electrons. The van der Waals surface area contributed by atoms with Crippen molar-refractivity contribution < 1.29 is 24.2 Å². The highest BCUT2D eigenvalue weighted by Crippen LogP contribution is 2.36. The van der Waals surface area contributed by atoms with Crippen LogP contribution in [0, 0.1) is 0 Å². The van der Waals surface area contributed by atoms with Crippen LogP contribution in [0.5, 0.6) is 11.5 Å². The van der Waals surface area contributed by atoms with E-state index >= 15 is 0 Å². The lowest BCUT2D eigenvalue weighted by molar-refractivity contribution is -0.139. The Labute approximate surface area is 140 Å². The number of carbonyl (C=O) groups is 2. The number of carboxylic acids is 1. The van der Waals surface area contributed by atoms with Gasteiger partial charge in [0.25, 0.3) is 5.91 Å². The smallest absolute Gasteiger partial charge is 0.326 e. The van der Waals surface area contributed by atoms with Crippen molar-refractivity contribution in [2.45, 2.75) is 39.2 Å². The zero-order chi connectivity index (χ0) is 17.4. The Bertz CT molecular complexity index is 562. The van der Waals surface area contributed by atoms with E-state index < -0.39 is 17.9 Å². The maximum absolute atomic E-state index is 12.3. The van der Waals surface area contributed by atoms with Gasteiger partial charge in [0.2, 0.25) is 0 Å². The molecule has 1 atom stereocenters. The SMILES string of the molecule is CCCCC(NC(=O)c1cc(Cl)c(OCC)c(OC)c1)C(=O)O. The molecule has 0 saturated heterocycles. The number of amides is 1. The average Bonchev–Trinajstić information content (AvgIpc) is 2.52. The molecule has 1 amide bonds. The monoisotopic (exact) mass is 343 g/mol. The molecule has 0 aliphatic rings. The molecule has 0 fully saturated rings. The molecular weight excluding hydrogens is 322 g/mol. The highest BCUT2D eigenvalue weighted by Gasteiger charge is 2.22. The predicted molar refractivity (Wildman–Crippen MR) is 87.6 cm³/mol. The lowest BCUT2D eigenvalue weighted by Crippen LogP contribution is -2.40. The van der Waals surface area contributed by atoms with E-state index in [2.05, 4.69) is 5.32 Å². The minimum Gasteiger partial charge on any atom is -0.493 e. The van der Waals surface area contributed by atoms with Crippen LogP contribution in [0.2, 0.25) is 5.02 Å². The van der Waals surface area contributed by atoms with Crippen molar-refractivity contribution in [3.05, 3.63) is 22.7 Å². The lowest BCUT2D eigenvalue weighted by Gasteiger charge is -2.16. The Morgan fingerprint density at radius 1 is 1.35 bits per heavy atom. The van der Waals surface area contributed by atoms with E-state index in [1.54, 1.807) is 0 Å². The summed E-state index contributed by atoms with van der Waals surface area (Å²) in [6, 6.07) is 1.98. The molecule has 1 aromatic rings. The van der Waals surface area contributed by atoms with Crippen LogP contribution < -0.4 is 14.8 Å². The number of halogens is 1. The summed E-state index contributed by atoms with van der Waals surface area (Å²) in [5.41, 5.74) is 0.220. The highest BCUT2D eigenvalue weighted by molar-refractivity contribution is 6.32. The fourth-order valence-corrected chi connectivity index (χ4v) is 2.31. The van der Waals surface area contributed by atoms with Crippen LogP contribution in [0.3, 0.4) is 0 Å². The molecule has 0 saturated carbocycles. The predicted octanol–water partition coefficient (Wildman–Crippen LogP) is 3.12. The van der Waals surface area contributed by atoms with E-state index in [1.165, 1.54) is 19.2 Å². The number of methoxy groups -OCH3 is 1. The van der Waals surface area contributed by atoms with Crippen molar-refractivity contribution in [1.82, 2.24) is 5.32 Å².